The monoisotopic (exact) mass is 425 g/mol. The van der Waals surface area contributed by atoms with Crippen molar-refractivity contribution in [1.82, 2.24) is 14.8 Å². The average molecular weight is 426 g/mol. The van der Waals surface area contributed by atoms with Crippen molar-refractivity contribution >= 4 is 33.4 Å². The SMILES string of the molecule is COc1ccc2c(-c3c(C)ccc4c3cnn4C3CCCCO3)c(F)c(Cl)nc2c1. The van der Waals surface area contributed by atoms with Crippen molar-refractivity contribution in [1.29, 1.82) is 0 Å². The van der Waals surface area contributed by atoms with E-state index in [0.29, 0.717) is 22.2 Å². The van der Waals surface area contributed by atoms with Crippen molar-refractivity contribution in [2.75, 3.05) is 13.7 Å². The molecule has 7 heteroatoms. The lowest BCUT2D eigenvalue weighted by molar-refractivity contribution is -0.0366. The van der Waals surface area contributed by atoms with Crippen molar-refractivity contribution in [3.63, 3.8) is 0 Å². The van der Waals surface area contributed by atoms with Gasteiger partial charge in [-0.15, -0.1) is 0 Å². The van der Waals surface area contributed by atoms with Gasteiger partial charge in [-0.25, -0.2) is 14.1 Å². The normalized spacial score (nSPS) is 17.0. The predicted octanol–water partition coefficient (Wildman–Crippen LogP) is 6.06. The maximum Gasteiger partial charge on any atom is 0.168 e. The highest BCUT2D eigenvalue weighted by Crippen LogP contribution is 2.41. The van der Waals surface area contributed by atoms with E-state index in [4.69, 9.17) is 21.1 Å². The summed E-state index contributed by atoms with van der Waals surface area (Å²) in [5.41, 5.74) is 3.63. The van der Waals surface area contributed by atoms with Crippen LogP contribution in [0.4, 0.5) is 4.39 Å². The largest absolute Gasteiger partial charge is 0.497 e. The Bertz CT molecular complexity index is 1260. The molecule has 0 aliphatic carbocycles. The predicted molar refractivity (Wildman–Crippen MR) is 116 cm³/mol. The van der Waals surface area contributed by atoms with Crippen molar-refractivity contribution in [3.8, 4) is 16.9 Å². The van der Waals surface area contributed by atoms with Gasteiger partial charge in [-0.2, -0.15) is 5.10 Å². The van der Waals surface area contributed by atoms with Gasteiger partial charge in [-0.3, -0.25) is 0 Å². The lowest BCUT2D eigenvalue weighted by Crippen LogP contribution is -2.18. The summed E-state index contributed by atoms with van der Waals surface area (Å²) in [6.07, 6.45) is 4.78. The van der Waals surface area contributed by atoms with E-state index < -0.39 is 5.82 Å². The molecule has 5 rings (SSSR count). The number of hydrogen-bond acceptors (Lipinski definition) is 4. The summed E-state index contributed by atoms with van der Waals surface area (Å²) in [5, 5.41) is 5.98. The fraction of sp³-hybridized carbons (Fsp3) is 0.304. The van der Waals surface area contributed by atoms with Gasteiger partial charge in [-0.05, 0) is 55.5 Å². The van der Waals surface area contributed by atoms with Crippen LogP contribution in [0.15, 0.2) is 36.5 Å². The van der Waals surface area contributed by atoms with Crippen LogP contribution in [0, 0.1) is 12.7 Å². The molecule has 1 aliphatic rings. The molecule has 2 aromatic heterocycles. The van der Waals surface area contributed by atoms with E-state index >= 15 is 4.39 Å². The summed E-state index contributed by atoms with van der Waals surface area (Å²) >= 11 is 6.20. The third kappa shape index (κ3) is 3.02. The number of halogens is 2. The van der Waals surface area contributed by atoms with Gasteiger partial charge in [0.25, 0.3) is 0 Å². The van der Waals surface area contributed by atoms with E-state index in [-0.39, 0.29) is 11.4 Å². The molecule has 0 amide bonds. The number of ether oxygens (including phenoxy) is 2. The van der Waals surface area contributed by atoms with E-state index in [2.05, 4.69) is 10.1 Å². The number of hydrogen-bond donors (Lipinski definition) is 0. The Hall–Kier alpha value is -2.70. The van der Waals surface area contributed by atoms with E-state index in [0.717, 1.165) is 47.9 Å². The van der Waals surface area contributed by atoms with Gasteiger partial charge in [0, 0.05) is 29.0 Å². The number of methoxy groups -OCH3 is 1. The standard InChI is InChI=1S/C23H21ClFN3O2/c1-13-6-9-18-16(12-26-28(18)19-5-3-4-10-30-19)20(13)21-15-8-7-14(29-2)11-17(15)27-23(24)22(21)25/h6-9,11-12,19H,3-5,10H2,1-2H3. The van der Waals surface area contributed by atoms with Gasteiger partial charge in [-0.1, -0.05) is 17.7 Å². The fourth-order valence-electron chi connectivity index (χ4n) is 4.27. The van der Waals surface area contributed by atoms with Gasteiger partial charge in [0.05, 0.1) is 24.3 Å². The average Bonchev–Trinajstić information content (AvgIpc) is 3.20. The smallest absolute Gasteiger partial charge is 0.168 e. The molecular weight excluding hydrogens is 405 g/mol. The van der Waals surface area contributed by atoms with Gasteiger partial charge < -0.3 is 9.47 Å². The summed E-state index contributed by atoms with van der Waals surface area (Å²) in [7, 11) is 1.58. The van der Waals surface area contributed by atoms with Gasteiger partial charge in [0.2, 0.25) is 0 Å². The van der Waals surface area contributed by atoms with Crippen LogP contribution >= 0.6 is 11.6 Å². The number of pyridine rings is 1. The lowest BCUT2D eigenvalue weighted by atomic mass is 9.94. The highest BCUT2D eigenvalue weighted by Gasteiger charge is 2.24. The maximum atomic E-state index is 15.4. The minimum absolute atomic E-state index is 0.0984. The van der Waals surface area contributed by atoms with Crippen LogP contribution in [0.25, 0.3) is 32.9 Å². The van der Waals surface area contributed by atoms with Crippen molar-refractivity contribution < 1.29 is 13.9 Å². The number of rotatable bonds is 3. The van der Waals surface area contributed by atoms with Gasteiger partial charge in [0.15, 0.2) is 17.2 Å². The van der Waals surface area contributed by atoms with Crippen molar-refractivity contribution in [2.45, 2.75) is 32.4 Å². The van der Waals surface area contributed by atoms with Crippen LogP contribution in [0.1, 0.15) is 31.1 Å². The van der Waals surface area contributed by atoms with Crippen LogP contribution in [-0.4, -0.2) is 28.5 Å². The Morgan fingerprint density at radius 1 is 1.17 bits per heavy atom. The number of nitrogens with zero attached hydrogens (tertiary/aromatic N) is 3. The summed E-state index contributed by atoms with van der Waals surface area (Å²) in [4.78, 5) is 4.23. The molecular formula is C23H21ClFN3O2. The van der Waals surface area contributed by atoms with Crippen LogP contribution < -0.4 is 4.74 Å². The molecule has 3 heterocycles. The van der Waals surface area contributed by atoms with E-state index in [1.54, 1.807) is 25.4 Å². The molecule has 1 aliphatic heterocycles. The van der Waals surface area contributed by atoms with Crippen molar-refractivity contribution in [3.05, 3.63) is 53.1 Å². The van der Waals surface area contributed by atoms with E-state index in [9.17, 15) is 0 Å². The molecule has 4 aromatic rings. The molecule has 0 spiro atoms. The second-order valence-corrected chi connectivity index (χ2v) is 7.93. The molecule has 1 atom stereocenters. The molecule has 2 aromatic carbocycles. The molecule has 1 unspecified atom stereocenters. The third-order valence-electron chi connectivity index (χ3n) is 5.76. The summed E-state index contributed by atoms with van der Waals surface area (Å²) < 4.78 is 28.5. The number of fused-ring (bicyclic) bond motifs is 2. The number of aromatic nitrogens is 3. The maximum absolute atomic E-state index is 15.4. The van der Waals surface area contributed by atoms with Crippen LogP contribution in [0.5, 0.6) is 5.75 Å². The Kier molecular flexibility index (Phi) is 4.83. The van der Waals surface area contributed by atoms with Gasteiger partial charge in [0.1, 0.15) is 5.75 Å². The zero-order valence-electron chi connectivity index (χ0n) is 16.8. The molecule has 1 fully saturated rings. The second kappa shape index (κ2) is 7.52. The van der Waals surface area contributed by atoms with E-state index in [1.165, 1.54) is 0 Å². The second-order valence-electron chi connectivity index (χ2n) is 7.58. The first kappa shape index (κ1) is 19.3. The summed E-state index contributed by atoms with van der Waals surface area (Å²) in [6, 6.07) is 9.39. The van der Waals surface area contributed by atoms with Crippen LogP contribution in [0.3, 0.4) is 0 Å². The Balaban J connectivity index is 1.79. The Labute approximate surface area is 178 Å². The Morgan fingerprint density at radius 2 is 2.03 bits per heavy atom. The molecule has 0 N–H and O–H groups in total. The van der Waals surface area contributed by atoms with Crippen molar-refractivity contribution in [2.24, 2.45) is 0 Å². The van der Waals surface area contributed by atoms with E-state index in [1.807, 2.05) is 29.8 Å². The van der Waals surface area contributed by atoms with Crippen LogP contribution in [-0.2, 0) is 4.74 Å². The molecule has 0 radical (unpaired) electrons. The quantitative estimate of drug-likeness (QED) is 0.374. The Morgan fingerprint density at radius 3 is 2.80 bits per heavy atom. The first-order chi connectivity index (χ1) is 14.6. The molecule has 30 heavy (non-hydrogen) atoms. The molecule has 5 nitrogen and oxygen atoms in total. The third-order valence-corrected chi connectivity index (χ3v) is 6.01. The number of aryl methyl sites for hydroxylation is 1. The fourth-order valence-corrected chi connectivity index (χ4v) is 4.46. The molecule has 154 valence electrons. The molecule has 1 saturated heterocycles. The summed E-state index contributed by atoms with van der Waals surface area (Å²) in [5.74, 6) is 0.104. The zero-order chi connectivity index (χ0) is 20.8. The minimum Gasteiger partial charge on any atom is -0.497 e. The van der Waals surface area contributed by atoms with Gasteiger partial charge >= 0.3 is 0 Å². The highest BCUT2D eigenvalue weighted by atomic mass is 35.5. The number of benzene rings is 2. The molecule has 0 bridgehead atoms. The first-order valence-electron chi connectivity index (χ1n) is 10.00. The highest BCUT2D eigenvalue weighted by molar-refractivity contribution is 6.30. The minimum atomic E-state index is -0.536. The first-order valence-corrected chi connectivity index (χ1v) is 10.4. The lowest BCUT2D eigenvalue weighted by Gasteiger charge is -2.23. The molecule has 0 saturated carbocycles. The zero-order valence-corrected chi connectivity index (χ0v) is 17.5. The summed E-state index contributed by atoms with van der Waals surface area (Å²) in [6.45, 7) is 2.69. The van der Waals surface area contributed by atoms with Crippen LogP contribution in [0.2, 0.25) is 5.15 Å². The topological polar surface area (TPSA) is 49.2 Å².